The van der Waals surface area contributed by atoms with Crippen LogP contribution in [0.3, 0.4) is 0 Å². The number of carbonyl (C=O) groups is 4. The highest BCUT2D eigenvalue weighted by Gasteiger charge is 2.56. The van der Waals surface area contributed by atoms with Gasteiger partial charge in [0.2, 0.25) is 5.60 Å². The van der Waals surface area contributed by atoms with Crippen LogP contribution in [0.1, 0.15) is 51.3 Å². The molecule has 2 aromatic rings. The number of hydrogen-bond acceptors (Lipinski definition) is 15. The van der Waals surface area contributed by atoms with Crippen molar-refractivity contribution in [1.29, 1.82) is 0 Å². The van der Waals surface area contributed by atoms with Crippen LogP contribution < -0.4 is 16.4 Å². The maximum absolute atomic E-state index is 14.1. The Morgan fingerprint density at radius 3 is 2.41 bits per heavy atom. The maximum atomic E-state index is 14.1. The predicted molar refractivity (Wildman–Crippen MR) is 202 cm³/mol. The zero-order chi connectivity index (χ0) is 40.7. The standard InChI is InChI=1S/C35H43FN8O10S2/c1-17-19(13-44-8-5-35(6-9-44,7-10-44)16-39-28(47)24(38-4)18-11-20(36)27(46)23(45)12-18)22(14-53-52)43-30(49)26(31(43)56-17)41-29(48)25(21-15-55-33(37)40-21)42-54-34(2,3)32(50)51/h11-12,15,17,26,31H,5-10,13-14,16H2,1-4H3,(H7-,37,39,40,41,45,46,47,48,50,51,52)/p+1/b38-24-,42-25-/t17-,26+,31+,35?,44?/m0/s1. The lowest BCUT2D eigenvalue weighted by Crippen LogP contribution is -2.72. The van der Waals surface area contributed by atoms with E-state index in [0.717, 1.165) is 72.4 Å². The van der Waals surface area contributed by atoms with E-state index in [1.807, 2.05) is 6.92 Å². The Bertz CT molecular complexity index is 1990. The van der Waals surface area contributed by atoms with Crippen LogP contribution >= 0.6 is 23.1 Å². The molecular weight excluding hydrogens is 776 g/mol. The van der Waals surface area contributed by atoms with Crippen LogP contribution in [-0.2, 0) is 28.9 Å². The highest BCUT2D eigenvalue weighted by molar-refractivity contribution is 8.00. The van der Waals surface area contributed by atoms with Crippen molar-refractivity contribution < 1.29 is 58.4 Å². The van der Waals surface area contributed by atoms with E-state index in [1.54, 1.807) is 0 Å². The first-order chi connectivity index (χ1) is 26.4. The van der Waals surface area contributed by atoms with Crippen LogP contribution in [0, 0.1) is 11.2 Å². The van der Waals surface area contributed by atoms with Crippen molar-refractivity contribution in [3.63, 3.8) is 0 Å². The average molecular weight is 820 g/mol. The quantitative estimate of drug-likeness (QED) is 0.0358. The fraction of sp³-hybridized carbons (Fsp3) is 0.514. The number of benzene rings is 1. The highest BCUT2D eigenvalue weighted by atomic mass is 32.2. The smallest absolute Gasteiger partial charge is 0.350 e. The third kappa shape index (κ3) is 7.77. The molecule has 1 aromatic carbocycles. The van der Waals surface area contributed by atoms with Crippen LogP contribution in [0.25, 0.3) is 0 Å². The van der Waals surface area contributed by atoms with Crippen LogP contribution in [0.2, 0.25) is 0 Å². The van der Waals surface area contributed by atoms with Gasteiger partial charge >= 0.3 is 5.97 Å². The highest BCUT2D eigenvalue weighted by Crippen LogP contribution is 2.48. The maximum Gasteiger partial charge on any atom is 0.350 e. The number of piperidine rings is 3. The van der Waals surface area contributed by atoms with Crippen molar-refractivity contribution in [1.82, 2.24) is 20.5 Å². The Labute approximate surface area is 328 Å². The number of aliphatic imine (C=N–C) groups is 1. The second-order valence-electron chi connectivity index (χ2n) is 15.0. The van der Waals surface area contributed by atoms with Gasteiger partial charge in [-0.25, -0.2) is 19.1 Å². The molecule has 18 nitrogen and oxygen atoms in total. The molecule has 56 heavy (non-hydrogen) atoms. The number of thioether (sulfide) groups is 1. The number of carbonyl (C=O) groups excluding carboxylic acids is 3. The third-order valence-corrected chi connectivity index (χ3v) is 13.2. The summed E-state index contributed by atoms with van der Waals surface area (Å²) in [6.07, 6.45) is 2.42. The van der Waals surface area contributed by atoms with Crippen LogP contribution in [-0.4, -0.2) is 139 Å². The summed E-state index contributed by atoms with van der Waals surface area (Å²) in [6.45, 7) is 7.66. The second-order valence-corrected chi connectivity index (χ2v) is 17.3. The Kier molecular flexibility index (Phi) is 11.4. The molecule has 5 aliphatic rings. The van der Waals surface area contributed by atoms with E-state index in [1.165, 1.54) is 42.9 Å². The molecule has 302 valence electrons. The summed E-state index contributed by atoms with van der Waals surface area (Å²) < 4.78 is 14.8. The molecule has 2 bridgehead atoms. The Morgan fingerprint density at radius 1 is 1.16 bits per heavy atom. The molecule has 0 radical (unpaired) electrons. The van der Waals surface area contributed by atoms with Crippen LogP contribution in [0.4, 0.5) is 9.52 Å². The summed E-state index contributed by atoms with van der Waals surface area (Å²) in [5, 5.41) is 48.9. The number of amides is 3. The summed E-state index contributed by atoms with van der Waals surface area (Å²) in [5.74, 6) is -5.75. The minimum Gasteiger partial charge on any atom is -0.504 e. The Balaban J connectivity index is 1.12. The lowest BCUT2D eigenvalue weighted by Gasteiger charge is -2.57. The largest absolute Gasteiger partial charge is 0.504 e. The molecule has 0 unspecified atom stereocenters. The SMILES string of the molecule is C/N=C(\C(=O)NCC12CC[N+](CC3=C(COO)N4C(=O)[C@@H](NC(=O)/C(=N\OC(C)(C)C(=O)O)c5csc(N)n5)[C@H]4S[C@H]3C)(CC1)CC2)c1cc(O)c(O)c(F)c1. The fourth-order valence-corrected chi connectivity index (χ4v) is 9.62. The molecule has 0 aliphatic carbocycles. The van der Waals surface area contributed by atoms with Gasteiger partial charge in [0.05, 0.1) is 25.3 Å². The van der Waals surface area contributed by atoms with Crippen molar-refractivity contribution in [3.05, 3.63) is 45.9 Å². The lowest BCUT2D eigenvalue weighted by molar-refractivity contribution is -0.941. The van der Waals surface area contributed by atoms with Gasteiger partial charge in [-0.1, -0.05) is 5.16 Å². The monoisotopic (exact) mass is 819 g/mol. The molecule has 3 amide bonds. The van der Waals surface area contributed by atoms with E-state index in [-0.39, 0.29) is 45.1 Å². The van der Waals surface area contributed by atoms with E-state index >= 15 is 0 Å². The summed E-state index contributed by atoms with van der Waals surface area (Å²) >= 11 is 2.52. The van der Waals surface area contributed by atoms with Gasteiger partial charge in [0.1, 0.15) is 36.0 Å². The van der Waals surface area contributed by atoms with Crippen molar-refractivity contribution >= 4 is 63.3 Å². The van der Waals surface area contributed by atoms with E-state index in [4.69, 9.17) is 10.6 Å². The van der Waals surface area contributed by atoms with Gasteiger partial charge in [-0.2, -0.15) is 0 Å². The fourth-order valence-electron chi connectivity index (χ4n) is 7.59. The number of oxime groups is 1. The first kappa shape index (κ1) is 40.8. The summed E-state index contributed by atoms with van der Waals surface area (Å²) in [6, 6.07) is 1.05. The number of phenols is 2. The number of anilines is 1. The molecule has 0 saturated carbocycles. The number of phenolic OH excluding ortho intramolecular Hbond substituents is 2. The second kappa shape index (κ2) is 15.6. The number of β-lactam (4-membered cyclic amide) rings is 1. The van der Waals surface area contributed by atoms with E-state index < -0.39 is 58.0 Å². The lowest BCUT2D eigenvalue weighted by atomic mass is 9.70. The van der Waals surface area contributed by atoms with Crippen LogP contribution in [0.15, 0.2) is 38.9 Å². The van der Waals surface area contributed by atoms with E-state index in [9.17, 15) is 44.1 Å². The van der Waals surface area contributed by atoms with Gasteiger partial charge in [-0.3, -0.25) is 29.5 Å². The number of carboxylic acids is 1. The van der Waals surface area contributed by atoms with Gasteiger partial charge in [-0.15, -0.1) is 23.1 Å². The summed E-state index contributed by atoms with van der Waals surface area (Å²) in [4.78, 5) is 71.5. The first-order valence-corrected chi connectivity index (χ1v) is 19.6. The van der Waals surface area contributed by atoms with Crippen molar-refractivity contribution in [2.24, 2.45) is 15.6 Å². The molecule has 7 rings (SSSR count). The number of aromatic hydroxyl groups is 2. The molecule has 21 heteroatoms. The minimum absolute atomic E-state index is 0.0388. The first-order valence-electron chi connectivity index (χ1n) is 17.7. The molecule has 4 saturated heterocycles. The van der Waals surface area contributed by atoms with Gasteiger partial charge in [0, 0.05) is 60.0 Å². The number of nitrogen functional groups attached to an aromatic ring is 1. The topological polar surface area (TPSA) is 259 Å². The molecular formula is C35H44FN8O10S2+. The molecule has 6 heterocycles. The number of nitrogens with two attached hydrogens (primary N) is 1. The number of halogens is 1. The number of thiazole rings is 1. The van der Waals surface area contributed by atoms with Gasteiger partial charge in [-0.05, 0) is 32.9 Å². The number of nitrogens with one attached hydrogen (secondary N) is 2. The van der Waals surface area contributed by atoms with Crippen molar-refractivity contribution in [2.45, 2.75) is 62.3 Å². The third-order valence-electron chi connectivity index (χ3n) is 11.1. The molecule has 3 atom stereocenters. The molecule has 5 aliphatic heterocycles. The number of fused-ring (bicyclic) bond motifs is 4. The van der Waals surface area contributed by atoms with Crippen molar-refractivity contribution in [3.8, 4) is 11.5 Å². The van der Waals surface area contributed by atoms with E-state index in [2.05, 4.69) is 30.7 Å². The van der Waals surface area contributed by atoms with Gasteiger partial charge in [0.25, 0.3) is 17.7 Å². The summed E-state index contributed by atoms with van der Waals surface area (Å²) in [5.41, 5.74) is 4.97. The van der Waals surface area contributed by atoms with Crippen LogP contribution in [0.5, 0.6) is 11.5 Å². The van der Waals surface area contributed by atoms with Gasteiger partial charge < -0.3 is 41.0 Å². The molecule has 4 fully saturated rings. The number of nitrogens with zero attached hydrogens (tertiary/aromatic N) is 5. The number of quaternary nitrogens is 1. The number of hydrogen-bond donors (Lipinski definition) is 7. The molecule has 8 N–H and O–H groups in total. The molecule has 0 spiro atoms. The zero-order valence-corrected chi connectivity index (χ0v) is 32.7. The average Bonchev–Trinajstić information content (AvgIpc) is 3.59. The summed E-state index contributed by atoms with van der Waals surface area (Å²) in [7, 11) is 1.39. The van der Waals surface area contributed by atoms with Gasteiger partial charge in [0.15, 0.2) is 28.2 Å². The predicted octanol–water partition coefficient (Wildman–Crippen LogP) is 1.63. The Hall–Kier alpha value is -4.83. The minimum atomic E-state index is -1.77. The number of aromatic nitrogens is 1. The van der Waals surface area contributed by atoms with E-state index in [0.29, 0.717) is 18.8 Å². The Morgan fingerprint density at radius 2 is 1.84 bits per heavy atom. The number of aliphatic carboxylic acids is 1. The molecule has 1 aromatic heterocycles. The zero-order valence-electron chi connectivity index (χ0n) is 31.1. The number of carboxylic acid groups (broad SMARTS) is 1. The number of rotatable bonds is 14. The van der Waals surface area contributed by atoms with Crippen molar-refractivity contribution in [2.75, 3.05) is 52.1 Å². The normalized spacial score (nSPS) is 26.4.